The molecule has 0 spiro atoms. The maximum Gasteiger partial charge on any atom is 0.255 e. The van der Waals surface area contributed by atoms with Crippen LogP contribution in [0.5, 0.6) is 5.75 Å². The van der Waals surface area contributed by atoms with E-state index in [0.717, 1.165) is 48.7 Å². The van der Waals surface area contributed by atoms with Gasteiger partial charge in [0.25, 0.3) is 5.91 Å². The molecule has 8 nitrogen and oxygen atoms in total. The third-order valence-corrected chi connectivity index (χ3v) is 8.39. The van der Waals surface area contributed by atoms with Gasteiger partial charge in [0.05, 0.1) is 5.02 Å². The normalized spacial score (nSPS) is 27.0. The van der Waals surface area contributed by atoms with Gasteiger partial charge in [-0.05, 0) is 61.1 Å². The summed E-state index contributed by atoms with van der Waals surface area (Å²) in [6.07, 6.45) is 8.66. The fourth-order valence-electron chi connectivity index (χ4n) is 6.13. The highest BCUT2D eigenvalue weighted by atomic mass is 35.5. The fourth-order valence-corrected chi connectivity index (χ4v) is 6.40. The molecule has 188 valence electrons. The Hall–Kier alpha value is -2.97. The van der Waals surface area contributed by atoms with Crippen LogP contribution >= 0.6 is 11.6 Å². The zero-order valence-electron chi connectivity index (χ0n) is 20.0. The molecule has 0 bridgehead atoms. The van der Waals surface area contributed by atoms with Crippen molar-refractivity contribution in [1.29, 1.82) is 0 Å². The molecular formula is C27H29ClN4O4. The summed E-state index contributed by atoms with van der Waals surface area (Å²) in [5, 5.41) is 3.08. The minimum atomic E-state index is -0.608. The van der Waals surface area contributed by atoms with Crippen LogP contribution in [0, 0.1) is 0 Å². The lowest BCUT2D eigenvalue weighted by atomic mass is 9.84. The molecule has 9 heteroatoms. The van der Waals surface area contributed by atoms with Gasteiger partial charge in [0.15, 0.2) is 0 Å². The van der Waals surface area contributed by atoms with Crippen LogP contribution in [0.15, 0.2) is 36.7 Å². The molecule has 2 aromatic rings. The standard InChI is InChI=1S/C27H29ClN4O4/c28-21-12-29-10-9-19(21)17-13-31(14-17)22-3-1-2-4-24(22)36-18-5-6-20-16(11-18)15-32(27(20)35)23-7-8-25(33)30-26(23)34/h5-6,9-12,17,22-24H,1-4,7-8,13-15H2,(H,30,33,34)/t22-,23?,24-/m0/s1. The van der Waals surface area contributed by atoms with E-state index in [4.69, 9.17) is 16.3 Å². The highest BCUT2D eigenvalue weighted by Gasteiger charge is 2.41. The minimum absolute atomic E-state index is 0.0917. The molecule has 6 rings (SSSR count). The number of ether oxygens (including phenoxy) is 1. The monoisotopic (exact) mass is 508 g/mol. The van der Waals surface area contributed by atoms with Gasteiger partial charge in [-0.15, -0.1) is 0 Å². The minimum Gasteiger partial charge on any atom is -0.489 e. The van der Waals surface area contributed by atoms with E-state index in [0.29, 0.717) is 30.5 Å². The number of carbonyl (C=O) groups excluding carboxylic acids is 3. The molecule has 2 saturated heterocycles. The smallest absolute Gasteiger partial charge is 0.255 e. The number of amides is 3. The maximum atomic E-state index is 13.0. The van der Waals surface area contributed by atoms with Gasteiger partial charge < -0.3 is 9.64 Å². The molecule has 1 aromatic heterocycles. The van der Waals surface area contributed by atoms with Crippen LogP contribution < -0.4 is 10.1 Å². The number of fused-ring (bicyclic) bond motifs is 1. The SMILES string of the molecule is O=C1CCC(N2Cc3cc(O[C@H]4CCCC[C@@H]4N4CC(c5ccncc5Cl)C4)ccc3C2=O)C(=O)N1. The summed E-state index contributed by atoms with van der Waals surface area (Å²) in [6.45, 7) is 2.29. The molecule has 1 saturated carbocycles. The molecule has 3 fully saturated rings. The molecule has 36 heavy (non-hydrogen) atoms. The number of aromatic nitrogens is 1. The molecule has 3 atom stereocenters. The van der Waals surface area contributed by atoms with E-state index < -0.39 is 11.9 Å². The number of likely N-dealkylation sites (tertiary alicyclic amines) is 1. The lowest BCUT2D eigenvalue weighted by Crippen LogP contribution is -2.57. The zero-order valence-corrected chi connectivity index (χ0v) is 20.7. The second kappa shape index (κ2) is 9.48. The van der Waals surface area contributed by atoms with Crippen molar-refractivity contribution in [3.63, 3.8) is 0 Å². The van der Waals surface area contributed by atoms with Crippen LogP contribution in [0.4, 0.5) is 0 Å². The quantitative estimate of drug-likeness (QED) is 0.623. The first-order chi connectivity index (χ1) is 17.5. The molecule has 3 aliphatic heterocycles. The highest BCUT2D eigenvalue weighted by Crippen LogP contribution is 2.38. The number of halogens is 1. The van der Waals surface area contributed by atoms with E-state index in [1.54, 1.807) is 17.3 Å². The van der Waals surface area contributed by atoms with Crippen molar-refractivity contribution in [1.82, 2.24) is 20.1 Å². The third-order valence-electron chi connectivity index (χ3n) is 8.07. The maximum absolute atomic E-state index is 13.0. The number of nitrogens with zero attached hydrogens (tertiary/aromatic N) is 3. The third kappa shape index (κ3) is 4.26. The molecule has 1 aromatic carbocycles. The van der Waals surface area contributed by atoms with Crippen molar-refractivity contribution in [3.8, 4) is 5.75 Å². The Morgan fingerprint density at radius 1 is 1.06 bits per heavy atom. The van der Waals surface area contributed by atoms with E-state index >= 15 is 0 Å². The van der Waals surface area contributed by atoms with Gasteiger partial charge in [-0.3, -0.25) is 29.6 Å². The zero-order chi connectivity index (χ0) is 24.8. The number of hydrogen-bond acceptors (Lipinski definition) is 6. The van der Waals surface area contributed by atoms with E-state index in [1.807, 2.05) is 24.3 Å². The summed E-state index contributed by atoms with van der Waals surface area (Å²) < 4.78 is 6.53. The van der Waals surface area contributed by atoms with Crippen LogP contribution in [-0.2, 0) is 16.1 Å². The largest absolute Gasteiger partial charge is 0.489 e. The Morgan fingerprint density at radius 2 is 1.89 bits per heavy atom. The summed E-state index contributed by atoms with van der Waals surface area (Å²) in [7, 11) is 0. The first-order valence-corrected chi connectivity index (χ1v) is 13.1. The van der Waals surface area contributed by atoms with Gasteiger partial charge in [-0.2, -0.15) is 0 Å². The molecule has 1 unspecified atom stereocenters. The second-order valence-electron chi connectivity index (χ2n) is 10.3. The second-order valence-corrected chi connectivity index (χ2v) is 10.7. The number of hydrogen-bond donors (Lipinski definition) is 1. The molecule has 1 aliphatic carbocycles. The molecular weight excluding hydrogens is 480 g/mol. The number of pyridine rings is 1. The van der Waals surface area contributed by atoms with Crippen molar-refractivity contribution >= 4 is 29.3 Å². The van der Waals surface area contributed by atoms with Gasteiger partial charge in [0, 0.05) is 56.0 Å². The van der Waals surface area contributed by atoms with E-state index in [2.05, 4.69) is 15.2 Å². The van der Waals surface area contributed by atoms with Crippen molar-refractivity contribution in [3.05, 3.63) is 58.4 Å². The molecule has 0 radical (unpaired) electrons. The molecule has 4 heterocycles. The summed E-state index contributed by atoms with van der Waals surface area (Å²) in [4.78, 5) is 45.0. The Balaban J connectivity index is 1.12. The van der Waals surface area contributed by atoms with Crippen LogP contribution in [0.3, 0.4) is 0 Å². The lowest BCUT2D eigenvalue weighted by molar-refractivity contribution is -0.136. The van der Waals surface area contributed by atoms with Crippen LogP contribution in [0.2, 0.25) is 5.02 Å². The topological polar surface area (TPSA) is 91.8 Å². The van der Waals surface area contributed by atoms with Gasteiger partial charge >= 0.3 is 0 Å². The average Bonchev–Trinajstić information content (AvgIpc) is 3.16. The predicted octanol–water partition coefficient (Wildman–Crippen LogP) is 3.29. The molecule has 4 aliphatic rings. The van der Waals surface area contributed by atoms with E-state index in [-0.39, 0.29) is 24.3 Å². The number of nitrogens with one attached hydrogen (secondary N) is 1. The highest BCUT2D eigenvalue weighted by molar-refractivity contribution is 6.31. The Morgan fingerprint density at radius 3 is 2.69 bits per heavy atom. The van der Waals surface area contributed by atoms with Crippen molar-refractivity contribution in [2.24, 2.45) is 0 Å². The van der Waals surface area contributed by atoms with Crippen LogP contribution in [0.1, 0.15) is 65.9 Å². The van der Waals surface area contributed by atoms with Gasteiger partial charge in [-0.1, -0.05) is 18.0 Å². The van der Waals surface area contributed by atoms with E-state index in [1.165, 1.54) is 12.0 Å². The Bertz CT molecular complexity index is 1210. The molecule has 3 amide bonds. The number of rotatable bonds is 5. The number of imide groups is 1. The summed E-state index contributed by atoms with van der Waals surface area (Å²) >= 11 is 6.36. The van der Waals surface area contributed by atoms with Gasteiger partial charge in [-0.25, -0.2) is 0 Å². The predicted molar refractivity (Wildman–Crippen MR) is 133 cm³/mol. The number of carbonyl (C=O) groups is 3. The van der Waals surface area contributed by atoms with Crippen molar-refractivity contribution < 1.29 is 19.1 Å². The Labute approximate surface area is 214 Å². The summed E-state index contributed by atoms with van der Waals surface area (Å²) in [5.41, 5.74) is 2.64. The Kier molecular flexibility index (Phi) is 6.17. The summed E-state index contributed by atoms with van der Waals surface area (Å²) in [6, 6.07) is 7.38. The molecule has 1 N–H and O–H groups in total. The number of piperidine rings is 1. The summed E-state index contributed by atoms with van der Waals surface area (Å²) in [5.74, 6) is 0.346. The fraction of sp³-hybridized carbons (Fsp3) is 0.481. The van der Waals surface area contributed by atoms with Crippen LogP contribution in [0.25, 0.3) is 0 Å². The van der Waals surface area contributed by atoms with Gasteiger partial charge in [0.2, 0.25) is 11.8 Å². The van der Waals surface area contributed by atoms with Crippen LogP contribution in [-0.4, -0.2) is 63.8 Å². The number of benzene rings is 1. The lowest BCUT2D eigenvalue weighted by Gasteiger charge is -2.48. The van der Waals surface area contributed by atoms with E-state index in [9.17, 15) is 14.4 Å². The van der Waals surface area contributed by atoms with Gasteiger partial charge in [0.1, 0.15) is 17.9 Å². The van der Waals surface area contributed by atoms with Crippen molar-refractivity contribution in [2.45, 2.75) is 69.2 Å². The first-order valence-electron chi connectivity index (χ1n) is 12.8. The van der Waals surface area contributed by atoms with Crippen molar-refractivity contribution in [2.75, 3.05) is 13.1 Å². The average molecular weight is 509 g/mol. The first kappa shape index (κ1) is 23.4.